The van der Waals surface area contributed by atoms with E-state index in [1.807, 2.05) is 34.3 Å². The molecule has 8 heteroatoms. The van der Waals surface area contributed by atoms with Crippen LogP contribution in [0, 0.1) is 0 Å². The zero-order valence-electron chi connectivity index (χ0n) is 14.1. The third-order valence-electron chi connectivity index (χ3n) is 3.75. The van der Waals surface area contributed by atoms with Crippen LogP contribution in [0.1, 0.15) is 20.8 Å². The second-order valence-corrected chi connectivity index (χ2v) is 9.30. The Labute approximate surface area is 161 Å². The molecule has 0 aliphatic rings. The van der Waals surface area contributed by atoms with E-state index in [1.165, 1.54) is 23.5 Å². The fourth-order valence-corrected chi connectivity index (χ4v) is 4.86. The van der Waals surface area contributed by atoms with Crippen LogP contribution in [-0.2, 0) is 23.1 Å². The van der Waals surface area contributed by atoms with E-state index in [0.717, 1.165) is 10.4 Å². The van der Waals surface area contributed by atoms with Crippen molar-refractivity contribution >= 4 is 38.6 Å². The predicted octanol–water partition coefficient (Wildman–Crippen LogP) is 3.56. The van der Waals surface area contributed by atoms with Crippen LogP contribution in [0.4, 0.5) is 0 Å². The Kier molecular flexibility index (Phi) is 5.87. The zero-order chi connectivity index (χ0) is 18.6. The summed E-state index contributed by atoms with van der Waals surface area (Å²) in [6.45, 7) is 0.714. The molecule has 0 aliphatic carbocycles. The summed E-state index contributed by atoms with van der Waals surface area (Å²) in [6, 6.07) is 11.8. The van der Waals surface area contributed by atoms with E-state index in [9.17, 15) is 13.2 Å². The van der Waals surface area contributed by atoms with Crippen LogP contribution in [0.2, 0.25) is 0 Å². The van der Waals surface area contributed by atoms with Crippen LogP contribution in [0.5, 0.6) is 0 Å². The fraction of sp³-hybridized carbons (Fsp3) is 0.167. The third-order valence-corrected chi connectivity index (χ3v) is 6.76. The number of thiophene rings is 2. The number of nitrogens with one attached hydrogen (secondary N) is 1. The largest absolute Gasteiger partial charge is 0.337 e. The van der Waals surface area contributed by atoms with Gasteiger partial charge < -0.3 is 4.90 Å². The highest BCUT2D eigenvalue weighted by Crippen LogP contribution is 2.16. The topological polar surface area (TPSA) is 66.5 Å². The Balaban J connectivity index is 1.73. The summed E-state index contributed by atoms with van der Waals surface area (Å²) >= 11 is 3.06. The second-order valence-electron chi connectivity index (χ2n) is 5.72. The molecule has 0 saturated heterocycles. The molecule has 0 atom stereocenters. The van der Waals surface area contributed by atoms with Crippen LogP contribution in [0.3, 0.4) is 0 Å². The van der Waals surface area contributed by atoms with E-state index < -0.39 is 10.0 Å². The number of carbonyl (C=O) groups excluding carboxylic acids is 1. The van der Waals surface area contributed by atoms with Gasteiger partial charge in [-0.3, -0.25) is 4.79 Å². The summed E-state index contributed by atoms with van der Waals surface area (Å²) in [5.74, 6) is -0.216. The fourth-order valence-electron chi connectivity index (χ4n) is 2.41. The van der Waals surface area contributed by atoms with Crippen LogP contribution >= 0.6 is 22.7 Å². The van der Waals surface area contributed by atoms with Crippen molar-refractivity contribution in [2.45, 2.75) is 18.0 Å². The summed E-state index contributed by atoms with van der Waals surface area (Å²) < 4.78 is 27.6. The molecule has 1 N–H and O–H groups in total. The van der Waals surface area contributed by atoms with Crippen molar-refractivity contribution in [3.8, 4) is 0 Å². The Hall–Kier alpha value is -2.00. The minimum atomic E-state index is -3.68. The number of hydrogen-bond donors (Lipinski definition) is 1. The molecule has 0 unspecified atom stereocenters. The number of carbonyl (C=O) groups is 1. The molecule has 0 spiro atoms. The number of rotatable bonds is 7. The van der Waals surface area contributed by atoms with E-state index in [0.29, 0.717) is 12.1 Å². The maximum atomic E-state index is 12.6. The van der Waals surface area contributed by atoms with Crippen LogP contribution in [-0.4, -0.2) is 26.3 Å². The van der Waals surface area contributed by atoms with E-state index in [4.69, 9.17) is 0 Å². The van der Waals surface area contributed by atoms with Gasteiger partial charge >= 0.3 is 0 Å². The molecule has 3 aromatic rings. The number of benzene rings is 1. The lowest BCUT2D eigenvalue weighted by atomic mass is 10.2. The van der Waals surface area contributed by atoms with Crippen molar-refractivity contribution in [3.05, 3.63) is 74.6 Å². The number of nitrogens with zero attached hydrogens (tertiary/aromatic N) is 1. The first kappa shape index (κ1) is 18.8. The zero-order valence-corrected chi connectivity index (χ0v) is 16.5. The summed E-state index contributed by atoms with van der Waals surface area (Å²) in [7, 11) is -1.98. The maximum Gasteiger partial charge on any atom is 0.253 e. The monoisotopic (exact) mass is 406 g/mol. The van der Waals surface area contributed by atoms with Gasteiger partial charge in [0.2, 0.25) is 10.0 Å². The van der Waals surface area contributed by atoms with Gasteiger partial charge in [0.25, 0.3) is 5.91 Å². The standard InChI is InChI=1S/C18H18N2O3S3/c1-20(12-14-7-9-24-13-14)18(21)15-4-2-6-17(10-15)26(22,23)19-11-16-5-3-8-25-16/h2-10,13,19H,11-12H2,1H3. The van der Waals surface area contributed by atoms with Crippen molar-refractivity contribution in [2.75, 3.05) is 7.05 Å². The van der Waals surface area contributed by atoms with Crippen molar-refractivity contribution in [1.82, 2.24) is 9.62 Å². The Morgan fingerprint density at radius 1 is 1.15 bits per heavy atom. The number of amides is 1. The minimum absolute atomic E-state index is 0.0869. The van der Waals surface area contributed by atoms with Gasteiger partial charge in [0, 0.05) is 30.6 Å². The van der Waals surface area contributed by atoms with Gasteiger partial charge in [-0.1, -0.05) is 12.1 Å². The molecule has 0 saturated carbocycles. The van der Waals surface area contributed by atoms with Crippen LogP contribution < -0.4 is 4.72 Å². The lowest BCUT2D eigenvalue weighted by Crippen LogP contribution is -2.27. The van der Waals surface area contributed by atoms with E-state index in [1.54, 1.807) is 35.4 Å². The number of sulfonamides is 1. The highest BCUT2D eigenvalue weighted by Gasteiger charge is 2.18. The Morgan fingerprint density at radius 2 is 2.00 bits per heavy atom. The van der Waals surface area contributed by atoms with Gasteiger partial charge in [0.05, 0.1) is 4.90 Å². The summed E-state index contributed by atoms with van der Waals surface area (Å²) in [5, 5.41) is 5.84. The van der Waals surface area contributed by atoms with Gasteiger partial charge in [-0.15, -0.1) is 11.3 Å². The molecular weight excluding hydrogens is 388 g/mol. The second kappa shape index (κ2) is 8.13. The normalized spacial score (nSPS) is 11.4. The molecular formula is C18H18N2O3S3. The summed E-state index contributed by atoms with van der Waals surface area (Å²) in [5.41, 5.74) is 1.40. The number of hydrogen-bond acceptors (Lipinski definition) is 5. The van der Waals surface area contributed by atoms with Gasteiger partial charge in [-0.2, -0.15) is 11.3 Å². The molecule has 1 amide bonds. The Morgan fingerprint density at radius 3 is 2.69 bits per heavy atom. The summed E-state index contributed by atoms with van der Waals surface area (Å²) in [4.78, 5) is 15.2. The average Bonchev–Trinajstić information content (AvgIpc) is 3.33. The van der Waals surface area contributed by atoms with Crippen molar-refractivity contribution in [2.24, 2.45) is 0 Å². The first-order valence-corrected chi connectivity index (χ1v) is 11.1. The highest BCUT2D eigenvalue weighted by atomic mass is 32.2. The molecule has 2 heterocycles. The van der Waals surface area contributed by atoms with Gasteiger partial charge in [-0.25, -0.2) is 13.1 Å². The molecule has 0 radical (unpaired) electrons. The van der Waals surface area contributed by atoms with E-state index in [-0.39, 0.29) is 17.3 Å². The lowest BCUT2D eigenvalue weighted by molar-refractivity contribution is 0.0785. The Bertz CT molecular complexity index is 965. The molecule has 1 aromatic carbocycles. The van der Waals surface area contributed by atoms with E-state index >= 15 is 0 Å². The van der Waals surface area contributed by atoms with Crippen LogP contribution in [0.25, 0.3) is 0 Å². The molecule has 2 aromatic heterocycles. The third kappa shape index (κ3) is 4.59. The SMILES string of the molecule is CN(Cc1ccsc1)C(=O)c1cccc(S(=O)(=O)NCc2cccs2)c1. The van der Waals surface area contributed by atoms with Crippen molar-refractivity contribution in [3.63, 3.8) is 0 Å². The van der Waals surface area contributed by atoms with Gasteiger partial charge in [0.1, 0.15) is 0 Å². The smallest absolute Gasteiger partial charge is 0.253 e. The molecule has 0 bridgehead atoms. The molecule has 26 heavy (non-hydrogen) atoms. The van der Waals surface area contributed by atoms with Gasteiger partial charge in [-0.05, 0) is 52.0 Å². The molecule has 0 fully saturated rings. The predicted molar refractivity (Wildman–Crippen MR) is 105 cm³/mol. The van der Waals surface area contributed by atoms with Crippen molar-refractivity contribution in [1.29, 1.82) is 0 Å². The highest BCUT2D eigenvalue weighted by molar-refractivity contribution is 7.89. The first-order valence-electron chi connectivity index (χ1n) is 7.84. The average molecular weight is 407 g/mol. The quantitative estimate of drug-likeness (QED) is 0.652. The van der Waals surface area contributed by atoms with Crippen LogP contribution in [0.15, 0.2) is 63.5 Å². The molecule has 5 nitrogen and oxygen atoms in total. The minimum Gasteiger partial charge on any atom is -0.337 e. The maximum absolute atomic E-state index is 12.6. The first-order chi connectivity index (χ1) is 12.5. The van der Waals surface area contributed by atoms with E-state index in [2.05, 4.69) is 4.72 Å². The van der Waals surface area contributed by atoms with Gasteiger partial charge in [0.15, 0.2) is 0 Å². The molecule has 0 aliphatic heterocycles. The lowest BCUT2D eigenvalue weighted by Gasteiger charge is -2.17. The molecule has 3 rings (SSSR count). The summed E-state index contributed by atoms with van der Waals surface area (Å²) in [6.07, 6.45) is 0. The van der Waals surface area contributed by atoms with Crippen molar-refractivity contribution < 1.29 is 13.2 Å². The molecule has 136 valence electrons.